The summed E-state index contributed by atoms with van der Waals surface area (Å²) in [5.41, 5.74) is 6.81. The molecule has 3 aromatic heterocycles. The highest BCUT2D eigenvalue weighted by Crippen LogP contribution is 2.25. The monoisotopic (exact) mass is 565 g/mol. The minimum absolute atomic E-state index is 0.232. The molecule has 4 rings (SSSR count). The van der Waals surface area contributed by atoms with Crippen LogP contribution in [0.4, 0.5) is 10.6 Å². The van der Waals surface area contributed by atoms with Crippen molar-refractivity contribution in [1.29, 1.82) is 0 Å². The van der Waals surface area contributed by atoms with Crippen LogP contribution >= 0.6 is 11.3 Å². The van der Waals surface area contributed by atoms with E-state index in [0.717, 1.165) is 16.3 Å². The number of anilines is 1. The Morgan fingerprint density at radius 1 is 1.20 bits per heavy atom. The fourth-order valence-electron chi connectivity index (χ4n) is 4.33. The number of nitrogens with two attached hydrogens (primary N) is 1. The number of thiazole rings is 1. The number of carbonyl (C=O) groups excluding carboxylic acids is 2. The van der Waals surface area contributed by atoms with Crippen LogP contribution in [-0.2, 0) is 14.3 Å². The van der Waals surface area contributed by atoms with Crippen molar-refractivity contribution >= 4 is 53.1 Å². The summed E-state index contributed by atoms with van der Waals surface area (Å²) in [6, 6.07) is 3.64. The lowest BCUT2D eigenvalue weighted by Gasteiger charge is -2.33. The van der Waals surface area contributed by atoms with Gasteiger partial charge in [-0.3, -0.25) is 9.20 Å². The first-order valence-electron chi connectivity index (χ1n) is 13.2. The van der Waals surface area contributed by atoms with Crippen molar-refractivity contribution in [3.05, 3.63) is 62.0 Å². The lowest BCUT2D eigenvalue weighted by atomic mass is 10.1. The number of amides is 1. The molecule has 1 aliphatic rings. The molecule has 1 amide bonds. The second-order valence-corrected chi connectivity index (χ2v) is 11.8. The first kappa shape index (κ1) is 29.0. The van der Waals surface area contributed by atoms with Gasteiger partial charge in [-0.25, -0.2) is 19.6 Å². The van der Waals surface area contributed by atoms with Crippen LogP contribution in [0.2, 0.25) is 0 Å². The molecule has 1 fully saturated rings. The van der Waals surface area contributed by atoms with E-state index in [4.69, 9.17) is 20.2 Å². The zero-order valence-electron chi connectivity index (χ0n) is 23.4. The largest absolute Gasteiger partial charge is 0.457 e. The first-order valence-corrected chi connectivity index (χ1v) is 14.1. The highest BCUT2D eigenvalue weighted by molar-refractivity contribution is 7.10. The van der Waals surface area contributed by atoms with Crippen molar-refractivity contribution in [1.82, 2.24) is 14.4 Å². The Kier molecular flexibility index (Phi) is 8.73. The third-order valence-corrected chi connectivity index (χ3v) is 7.00. The zero-order valence-corrected chi connectivity index (χ0v) is 24.2. The standard InChI is InChI=1S/C29H35N5O5S/c1-18(2)22-17-40-24(31-22)10-8-19-12-14-34-23(15-19)32-26(33-13-6-7-20(16-33)38-28(30)37)21(27(34)36)9-11-25(35)39-29(3,4)5/h8-12,14-15,17-18,20H,6-7,13,16H2,1-5H3,(H2,30,37)/b10-8+,11-9+. The maximum Gasteiger partial charge on any atom is 0.404 e. The van der Waals surface area contributed by atoms with E-state index in [-0.39, 0.29) is 11.1 Å². The van der Waals surface area contributed by atoms with Crippen LogP contribution in [0.5, 0.6) is 0 Å². The van der Waals surface area contributed by atoms with Crippen molar-refractivity contribution in [3.8, 4) is 0 Å². The van der Waals surface area contributed by atoms with E-state index in [1.54, 1.807) is 38.3 Å². The van der Waals surface area contributed by atoms with E-state index in [9.17, 15) is 14.4 Å². The molecule has 1 unspecified atom stereocenters. The number of aromatic nitrogens is 3. The molecule has 212 valence electrons. The Hall–Kier alpha value is -3.99. The fourth-order valence-corrected chi connectivity index (χ4v) is 5.21. The molecular formula is C29H35N5O5S. The minimum Gasteiger partial charge on any atom is -0.457 e. The van der Waals surface area contributed by atoms with E-state index in [1.165, 1.54) is 16.6 Å². The Bertz CT molecular complexity index is 1520. The van der Waals surface area contributed by atoms with Crippen molar-refractivity contribution in [2.75, 3.05) is 18.0 Å². The number of esters is 1. The van der Waals surface area contributed by atoms with Crippen molar-refractivity contribution in [3.63, 3.8) is 0 Å². The number of pyridine rings is 1. The molecule has 11 heteroatoms. The number of hydrogen-bond donors (Lipinski definition) is 1. The number of rotatable bonds is 7. The van der Waals surface area contributed by atoms with E-state index < -0.39 is 23.8 Å². The molecule has 1 aliphatic heterocycles. The highest BCUT2D eigenvalue weighted by Gasteiger charge is 2.26. The average Bonchev–Trinajstić information content (AvgIpc) is 3.35. The molecule has 0 radical (unpaired) electrons. The molecule has 0 bridgehead atoms. The Balaban J connectivity index is 1.73. The molecule has 3 aromatic rings. The van der Waals surface area contributed by atoms with Crippen molar-refractivity contribution < 1.29 is 19.1 Å². The van der Waals surface area contributed by atoms with Crippen LogP contribution in [-0.4, -0.2) is 51.2 Å². The Labute approximate surface area is 237 Å². The summed E-state index contributed by atoms with van der Waals surface area (Å²) in [6.07, 6.45) is 8.29. The summed E-state index contributed by atoms with van der Waals surface area (Å²) < 4.78 is 12.1. The molecule has 0 spiro atoms. The maximum atomic E-state index is 13.7. The molecule has 0 aromatic carbocycles. The van der Waals surface area contributed by atoms with Gasteiger partial charge >= 0.3 is 12.1 Å². The van der Waals surface area contributed by atoms with Gasteiger partial charge in [-0.05, 0) is 69.4 Å². The second kappa shape index (κ2) is 12.0. The van der Waals surface area contributed by atoms with Gasteiger partial charge in [0.25, 0.3) is 5.56 Å². The number of nitrogens with zero attached hydrogens (tertiary/aromatic N) is 4. The van der Waals surface area contributed by atoms with E-state index in [0.29, 0.717) is 43.3 Å². The number of primary amides is 1. The third kappa shape index (κ3) is 7.35. The smallest absolute Gasteiger partial charge is 0.404 e. The van der Waals surface area contributed by atoms with Gasteiger partial charge in [-0.15, -0.1) is 11.3 Å². The number of piperidine rings is 1. The van der Waals surface area contributed by atoms with E-state index in [1.807, 2.05) is 29.2 Å². The van der Waals surface area contributed by atoms with Crippen LogP contribution in [0, 0.1) is 0 Å². The zero-order chi connectivity index (χ0) is 29.0. The van der Waals surface area contributed by atoms with Gasteiger partial charge < -0.3 is 20.1 Å². The normalized spacial score (nSPS) is 16.4. The minimum atomic E-state index is -0.847. The fraction of sp³-hybridized carbons (Fsp3) is 0.414. The average molecular weight is 566 g/mol. The topological polar surface area (TPSA) is 129 Å². The van der Waals surface area contributed by atoms with Gasteiger partial charge in [0.2, 0.25) is 0 Å². The molecule has 0 aliphatic carbocycles. The van der Waals surface area contributed by atoms with Crippen LogP contribution in [0.3, 0.4) is 0 Å². The first-order chi connectivity index (χ1) is 18.9. The van der Waals surface area contributed by atoms with E-state index >= 15 is 0 Å². The van der Waals surface area contributed by atoms with Crippen LogP contribution < -0.4 is 16.2 Å². The molecule has 1 atom stereocenters. The summed E-state index contributed by atoms with van der Waals surface area (Å²) in [7, 11) is 0. The van der Waals surface area contributed by atoms with Gasteiger partial charge in [-0.2, -0.15) is 0 Å². The van der Waals surface area contributed by atoms with Crippen molar-refractivity contribution in [2.45, 2.75) is 65.1 Å². The quantitative estimate of drug-likeness (QED) is 0.318. The summed E-state index contributed by atoms with van der Waals surface area (Å²) in [6.45, 7) is 10.4. The van der Waals surface area contributed by atoms with Gasteiger partial charge in [0, 0.05) is 24.2 Å². The summed E-state index contributed by atoms with van der Waals surface area (Å²) in [4.78, 5) is 48.8. The number of ether oxygens (including phenoxy) is 2. The van der Waals surface area contributed by atoms with Gasteiger partial charge in [0.05, 0.1) is 17.8 Å². The number of hydrogen-bond acceptors (Lipinski definition) is 9. The Morgan fingerprint density at radius 3 is 2.65 bits per heavy atom. The van der Waals surface area contributed by atoms with Crippen LogP contribution in [0.1, 0.15) is 75.2 Å². The molecule has 1 saturated heterocycles. The van der Waals surface area contributed by atoms with Gasteiger partial charge in [0.1, 0.15) is 28.2 Å². The molecule has 40 heavy (non-hydrogen) atoms. The van der Waals surface area contributed by atoms with Crippen LogP contribution in [0.15, 0.2) is 34.6 Å². The second-order valence-electron chi connectivity index (χ2n) is 11.0. The summed E-state index contributed by atoms with van der Waals surface area (Å²) >= 11 is 1.58. The molecule has 4 heterocycles. The Morgan fingerprint density at radius 2 is 1.98 bits per heavy atom. The SMILES string of the molecule is CC(C)c1csc(/C=C/c2ccn3c(=O)c(/C=C/C(=O)OC(C)(C)C)c(N4CCCC(OC(N)=O)C4)nc3c2)n1. The maximum absolute atomic E-state index is 13.7. The third-order valence-electron chi connectivity index (χ3n) is 6.17. The molecular weight excluding hydrogens is 530 g/mol. The molecule has 10 nitrogen and oxygen atoms in total. The number of fused-ring (bicyclic) bond motifs is 1. The lowest BCUT2D eigenvalue weighted by Crippen LogP contribution is -2.43. The van der Waals surface area contributed by atoms with Crippen LogP contribution in [0.25, 0.3) is 23.9 Å². The predicted octanol–water partition coefficient (Wildman–Crippen LogP) is 4.86. The van der Waals surface area contributed by atoms with Gasteiger partial charge in [0.15, 0.2) is 0 Å². The van der Waals surface area contributed by atoms with E-state index in [2.05, 4.69) is 24.2 Å². The molecule has 0 saturated carbocycles. The van der Waals surface area contributed by atoms with Gasteiger partial charge in [-0.1, -0.05) is 19.9 Å². The predicted molar refractivity (Wildman–Crippen MR) is 157 cm³/mol. The highest BCUT2D eigenvalue weighted by atomic mass is 32.1. The summed E-state index contributed by atoms with van der Waals surface area (Å²) in [5.74, 6) is 0.180. The molecule has 2 N–H and O–H groups in total. The number of carbonyl (C=O) groups is 2. The lowest BCUT2D eigenvalue weighted by molar-refractivity contribution is -0.148. The van der Waals surface area contributed by atoms with Crippen molar-refractivity contribution in [2.24, 2.45) is 5.73 Å². The summed E-state index contributed by atoms with van der Waals surface area (Å²) in [5, 5.41) is 2.95.